The van der Waals surface area contributed by atoms with E-state index in [1.54, 1.807) is 0 Å². The lowest BCUT2D eigenvalue weighted by Gasteiger charge is -2.18. The van der Waals surface area contributed by atoms with Gasteiger partial charge in [0, 0.05) is 19.3 Å². The number of hydrogen-bond acceptors (Lipinski definition) is 6. The molecule has 0 aromatic rings. The van der Waals surface area contributed by atoms with Crippen LogP contribution in [0, 0.1) is 0 Å². The van der Waals surface area contributed by atoms with E-state index >= 15 is 0 Å². The van der Waals surface area contributed by atoms with Crippen LogP contribution < -0.4 is 0 Å². The second-order valence-electron chi connectivity index (χ2n) is 19.6. The van der Waals surface area contributed by atoms with E-state index in [9.17, 15) is 14.4 Å². The van der Waals surface area contributed by atoms with Crippen molar-refractivity contribution in [3.05, 3.63) is 24.3 Å². The molecule has 0 aliphatic heterocycles. The second kappa shape index (κ2) is 54.5. The highest BCUT2D eigenvalue weighted by atomic mass is 16.6. The van der Waals surface area contributed by atoms with Crippen molar-refractivity contribution in [1.82, 2.24) is 0 Å². The van der Waals surface area contributed by atoms with Crippen LogP contribution in [0.2, 0.25) is 0 Å². The summed E-state index contributed by atoms with van der Waals surface area (Å²) in [4.78, 5) is 38.1. The minimum atomic E-state index is -0.767. The number of hydrogen-bond donors (Lipinski definition) is 0. The Morgan fingerprint density at radius 3 is 0.877 bits per heavy atom. The number of carbonyl (C=O) groups is 3. The average molecular weight is 916 g/mol. The van der Waals surface area contributed by atoms with Crippen LogP contribution in [0.4, 0.5) is 0 Å². The highest BCUT2D eigenvalue weighted by molar-refractivity contribution is 5.71. The van der Waals surface area contributed by atoms with Crippen LogP contribution in [0.25, 0.3) is 0 Å². The van der Waals surface area contributed by atoms with Crippen molar-refractivity contribution < 1.29 is 28.6 Å². The maximum atomic E-state index is 12.8. The normalized spacial score (nSPS) is 12.1. The first kappa shape index (κ1) is 62.9. The first-order chi connectivity index (χ1) is 32.0. The van der Waals surface area contributed by atoms with E-state index in [0.717, 1.165) is 64.2 Å². The van der Waals surface area contributed by atoms with E-state index in [2.05, 4.69) is 45.1 Å². The lowest BCUT2D eigenvalue weighted by molar-refractivity contribution is -0.167. The quantitative estimate of drug-likeness (QED) is 0.0262. The minimum Gasteiger partial charge on any atom is -0.462 e. The summed E-state index contributed by atoms with van der Waals surface area (Å²) < 4.78 is 16.9. The SMILES string of the molecule is CCCCC/C=C\C/C=C\CCCCCCCCCCCC(=O)OC[C@H](COC(=O)CCCCCCCCCCCCC)OC(=O)CCCCCCCCCCCCCCCCCCC. The van der Waals surface area contributed by atoms with Crippen LogP contribution in [-0.2, 0) is 28.6 Å². The predicted octanol–water partition coefficient (Wildman–Crippen LogP) is 19.1. The van der Waals surface area contributed by atoms with Crippen molar-refractivity contribution in [2.45, 2.75) is 322 Å². The molecule has 0 radical (unpaired) electrons. The molecule has 0 aromatic carbocycles. The molecule has 0 aromatic heterocycles. The van der Waals surface area contributed by atoms with Gasteiger partial charge in [0.15, 0.2) is 6.10 Å². The fraction of sp³-hybridized carbons (Fsp3) is 0.881. The van der Waals surface area contributed by atoms with Gasteiger partial charge in [-0.25, -0.2) is 0 Å². The molecule has 0 spiro atoms. The molecule has 0 rings (SSSR count). The Bertz CT molecular complexity index is 1050. The van der Waals surface area contributed by atoms with Crippen LogP contribution in [0.3, 0.4) is 0 Å². The number of allylic oxidation sites excluding steroid dienone is 4. The third-order valence-electron chi connectivity index (χ3n) is 13.0. The number of carbonyl (C=O) groups excluding carboxylic acids is 3. The van der Waals surface area contributed by atoms with Gasteiger partial charge in [0.1, 0.15) is 13.2 Å². The standard InChI is InChI=1S/C59H110O6/c1-4-7-10-13-16-19-22-24-26-28-29-31-32-34-37-40-43-46-49-52-58(61)64-55-56(54-63-57(60)51-48-45-42-39-36-21-18-15-12-9-6-3)65-59(62)53-50-47-44-41-38-35-33-30-27-25-23-20-17-14-11-8-5-2/h16,19,24,26,56H,4-15,17-18,20-23,25,27-55H2,1-3H3/b19-16-,26-24-/t56-/m0/s1. The molecule has 6 heteroatoms. The van der Waals surface area contributed by atoms with E-state index in [-0.39, 0.29) is 31.1 Å². The monoisotopic (exact) mass is 915 g/mol. The topological polar surface area (TPSA) is 78.9 Å². The predicted molar refractivity (Wildman–Crippen MR) is 279 cm³/mol. The number of unbranched alkanes of at least 4 members (excludes halogenated alkanes) is 38. The molecule has 0 bridgehead atoms. The molecule has 0 saturated carbocycles. The van der Waals surface area contributed by atoms with Crippen LogP contribution >= 0.6 is 0 Å². The Morgan fingerprint density at radius 2 is 0.554 bits per heavy atom. The van der Waals surface area contributed by atoms with Crippen LogP contribution in [0.1, 0.15) is 316 Å². The summed E-state index contributed by atoms with van der Waals surface area (Å²) in [6.45, 7) is 6.65. The molecule has 0 saturated heterocycles. The molecule has 0 heterocycles. The fourth-order valence-corrected chi connectivity index (χ4v) is 8.59. The maximum absolute atomic E-state index is 12.8. The Balaban J connectivity index is 4.28. The summed E-state index contributed by atoms with van der Waals surface area (Å²) in [5.41, 5.74) is 0. The summed E-state index contributed by atoms with van der Waals surface area (Å²) >= 11 is 0. The molecule has 382 valence electrons. The van der Waals surface area contributed by atoms with Crippen molar-refractivity contribution in [3.63, 3.8) is 0 Å². The lowest BCUT2D eigenvalue weighted by Crippen LogP contribution is -2.30. The third-order valence-corrected chi connectivity index (χ3v) is 13.0. The Kier molecular flexibility index (Phi) is 52.7. The first-order valence-corrected chi connectivity index (χ1v) is 28.8. The van der Waals surface area contributed by atoms with Crippen LogP contribution in [0.5, 0.6) is 0 Å². The number of rotatable bonds is 53. The zero-order valence-corrected chi connectivity index (χ0v) is 43.8. The molecule has 6 nitrogen and oxygen atoms in total. The van der Waals surface area contributed by atoms with Gasteiger partial charge in [-0.2, -0.15) is 0 Å². The van der Waals surface area contributed by atoms with Gasteiger partial charge in [-0.15, -0.1) is 0 Å². The highest BCUT2D eigenvalue weighted by Gasteiger charge is 2.19. The van der Waals surface area contributed by atoms with Gasteiger partial charge in [-0.3, -0.25) is 14.4 Å². The Labute approximate surface area is 404 Å². The molecular weight excluding hydrogens is 805 g/mol. The number of esters is 3. The van der Waals surface area contributed by atoms with Crippen molar-refractivity contribution in [3.8, 4) is 0 Å². The Hall–Kier alpha value is -2.11. The van der Waals surface area contributed by atoms with E-state index in [4.69, 9.17) is 14.2 Å². The molecular formula is C59H110O6. The van der Waals surface area contributed by atoms with Crippen LogP contribution in [-0.4, -0.2) is 37.2 Å². The van der Waals surface area contributed by atoms with Gasteiger partial charge < -0.3 is 14.2 Å². The van der Waals surface area contributed by atoms with Gasteiger partial charge in [-0.1, -0.05) is 270 Å². The molecule has 0 aliphatic rings. The summed E-state index contributed by atoms with van der Waals surface area (Å²) in [7, 11) is 0. The molecule has 0 unspecified atom stereocenters. The van der Waals surface area contributed by atoms with Crippen molar-refractivity contribution in [2.75, 3.05) is 13.2 Å². The van der Waals surface area contributed by atoms with E-state index in [0.29, 0.717) is 19.3 Å². The molecule has 1 atom stereocenters. The van der Waals surface area contributed by atoms with E-state index in [1.807, 2.05) is 0 Å². The molecule has 0 aliphatic carbocycles. The zero-order chi connectivity index (χ0) is 47.2. The van der Waals surface area contributed by atoms with Crippen molar-refractivity contribution in [1.29, 1.82) is 0 Å². The highest BCUT2D eigenvalue weighted by Crippen LogP contribution is 2.17. The summed E-state index contributed by atoms with van der Waals surface area (Å²) in [6, 6.07) is 0. The zero-order valence-electron chi connectivity index (χ0n) is 43.8. The van der Waals surface area contributed by atoms with E-state index < -0.39 is 6.10 Å². The third kappa shape index (κ3) is 52.7. The van der Waals surface area contributed by atoms with Gasteiger partial charge in [-0.05, 0) is 51.4 Å². The Morgan fingerprint density at radius 1 is 0.308 bits per heavy atom. The van der Waals surface area contributed by atoms with Crippen molar-refractivity contribution in [2.24, 2.45) is 0 Å². The maximum Gasteiger partial charge on any atom is 0.306 e. The van der Waals surface area contributed by atoms with E-state index in [1.165, 1.54) is 212 Å². The second-order valence-corrected chi connectivity index (χ2v) is 19.6. The summed E-state index contributed by atoms with van der Waals surface area (Å²) in [5, 5.41) is 0. The van der Waals surface area contributed by atoms with Crippen LogP contribution in [0.15, 0.2) is 24.3 Å². The largest absolute Gasteiger partial charge is 0.462 e. The average Bonchev–Trinajstić information content (AvgIpc) is 3.30. The van der Waals surface area contributed by atoms with Gasteiger partial charge in [0.05, 0.1) is 0 Å². The lowest BCUT2D eigenvalue weighted by atomic mass is 10.0. The molecule has 0 amide bonds. The van der Waals surface area contributed by atoms with Gasteiger partial charge in [0.2, 0.25) is 0 Å². The van der Waals surface area contributed by atoms with Gasteiger partial charge >= 0.3 is 17.9 Å². The minimum absolute atomic E-state index is 0.0670. The van der Waals surface area contributed by atoms with Crippen molar-refractivity contribution >= 4 is 17.9 Å². The molecule has 0 N–H and O–H groups in total. The smallest absolute Gasteiger partial charge is 0.306 e. The van der Waals surface area contributed by atoms with Gasteiger partial charge in [0.25, 0.3) is 0 Å². The summed E-state index contributed by atoms with van der Waals surface area (Å²) in [6.07, 6.45) is 63.1. The first-order valence-electron chi connectivity index (χ1n) is 28.8. The molecule has 65 heavy (non-hydrogen) atoms. The molecule has 0 fully saturated rings. The summed E-state index contributed by atoms with van der Waals surface area (Å²) in [5.74, 6) is -0.851. The fourth-order valence-electron chi connectivity index (χ4n) is 8.59. The number of ether oxygens (including phenoxy) is 3.